The van der Waals surface area contributed by atoms with Crippen molar-refractivity contribution >= 4 is 17.2 Å². The van der Waals surface area contributed by atoms with Crippen molar-refractivity contribution in [2.75, 3.05) is 26.2 Å². The average Bonchev–Trinajstić information content (AvgIpc) is 3.02. The molecule has 7 heteroatoms. The summed E-state index contributed by atoms with van der Waals surface area (Å²) in [6, 6.07) is 0. The Balaban J connectivity index is 1.58. The van der Waals surface area contributed by atoms with Crippen LogP contribution in [0.4, 0.5) is 0 Å². The van der Waals surface area contributed by atoms with E-state index in [-0.39, 0.29) is 5.91 Å². The molecule has 0 aromatic carbocycles. The van der Waals surface area contributed by atoms with Gasteiger partial charge in [0.05, 0.1) is 22.5 Å². The van der Waals surface area contributed by atoms with Crippen molar-refractivity contribution in [2.45, 2.75) is 19.9 Å². The number of nitrogens with zero attached hydrogens (tertiary/aromatic N) is 5. The van der Waals surface area contributed by atoms with Crippen molar-refractivity contribution < 1.29 is 4.79 Å². The van der Waals surface area contributed by atoms with Gasteiger partial charge in [-0.25, -0.2) is 4.98 Å². The standard InChI is InChI=1S/C15H21N5OS/c1-12-17-14(11-22-12)10-19-4-3-5-20(7-6-19)15(21)13-8-16-18(2)9-13/h8-9,11H,3-7,10H2,1-2H3. The molecule has 1 aliphatic heterocycles. The summed E-state index contributed by atoms with van der Waals surface area (Å²) in [5, 5.41) is 7.31. The second kappa shape index (κ2) is 6.58. The van der Waals surface area contributed by atoms with Gasteiger partial charge in [0, 0.05) is 51.3 Å². The van der Waals surface area contributed by atoms with E-state index in [1.807, 2.05) is 18.9 Å². The molecule has 0 bridgehead atoms. The summed E-state index contributed by atoms with van der Waals surface area (Å²) < 4.78 is 1.67. The molecule has 3 rings (SSSR count). The van der Waals surface area contributed by atoms with Crippen molar-refractivity contribution in [3.05, 3.63) is 34.0 Å². The highest BCUT2D eigenvalue weighted by atomic mass is 32.1. The molecule has 0 spiro atoms. The van der Waals surface area contributed by atoms with E-state index in [1.165, 1.54) is 0 Å². The summed E-state index contributed by atoms with van der Waals surface area (Å²) in [5.41, 5.74) is 1.81. The lowest BCUT2D eigenvalue weighted by Gasteiger charge is -2.21. The van der Waals surface area contributed by atoms with Crippen LogP contribution in [0.1, 0.15) is 27.5 Å². The zero-order valence-electron chi connectivity index (χ0n) is 13.0. The molecular weight excluding hydrogens is 298 g/mol. The summed E-state index contributed by atoms with van der Waals surface area (Å²) in [5.74, 6) is 0.0828. The van der Waals surface area contributed by atoms with Gasteiger partial charge in [-0.3, -0.25) is 14.4 Å². The molecule has 1 amide bonds. The number of hydrogen-bond donors (Lipinski definition) is 0. The summed E-state index contributed by atoms with van der Waals surface area (Å²) in [6.45, 7) is 6.37. The summed E-state index contributed by atoms with van der Waals surface area (Å²) in [4.78, 5) is 21.3. The Morgan fingerprint density at radius 3 is 2.86 bits per heavy atom. The maximum Gasteiger partial charge on any atom is 0.257 e. The van der Waals surface area contributed by atoms with Crippen molar-refractivity contribution in [1.29, 1.82) is 0 Å². The first-order chi connectivity index (χ1) is 10.6. The van der Waals surface area contributed by atoms with Crippen LogP contribution in [-0.4, -0.2) is 56.7 Å². The van der Waals surface area contributed by atoms with Gasteiger partial charge in [-0.05, 0) is 13.3 Å². The van der Waals surface area contributed by atoms with Gasteiger partial charge >= 0.3 is 0 Å². The first-order valence-corrected chi connectivity index (χ1v) is 8.41. The van der Waals surface area contributed by atoms with Crippen LogP contribution < -0.4 is 0 Å². The lowest BCUT2D eigenvalue weighted by Crippen LogP contribution is -2.35. The quantitative estimate of drug-likeness (QED) is 0.861. The fourth-order valence-electron chi connectivity index (χ4n) is 2.76. The molecule has 2 aromatic rings. The molecule has 0 atom stereocenters. The molecule has 1 saturated heterocycles. The van der Waals surface area contributed by atoms with E-state index in [9.17, 15) is 4.79 Å². The van der Waals surface area contributed by atoms with Crippen LogP contribution in [0.2, 0.25) is 0 Å². The van der Waals surface area contributed by atoms with E-state index in [2.05, 4.69) is 20.4 Å². The highest BCUT2D eigenvalue weighted by molar-refractivity contribution is 7.09. The third kappa shape index (κ3) is 3.53. The van der Waals surface area contributed by atoms with E-state index in [0.717, 1.165) is 49.8 Å². The Labute approximate surface area is 134 Å². The van der Waals surface area contributed by atoms with E-state index in [1.54, 1.807) is 28.4 Å². The number of aromatic nitrogens is 3. The van der Waals surface area contributed by atoms with Crippen molar-refractivity contribution in [3.63, 3.8) is 0 Å². The Morgan fingerprint density at radius 1 is 1.32 bits per heavy atom. The molecular formula is C15H21N5OS. The highest BCUT2D eigenvalue weighted by Crippen LogP contribution is 2.13. The molecule has 0 N–H and O–H groups in total. The molecule has 6 nitrogen and oxygen atoms in total. The highest BCUT2D eigenvalue weighted by Gasteiger charge is 2.21. The number of amides is 1. The zero-order valence-corrected chi connectivity index (χ0v) is 13.8. The Morgan fingerprint density at radius 2 is 2.18 bits per heavy atom. The lowest BCUT2D eigenvalue weighted by molar-refractivity contribution is 0.0761. The predicted octanol–water partition coefficient (Wildman–Crippen LogP) is 1.53. The maximum absolute atomic E-state index is 12.5. The predicted molar refractivity (Wildman–Crippen MR) is 85.9 cm³/mol. The van der Waals surface area contributed by atoms with Crippen LogP contribution in [0.25, 0.3) is 0 Å². The van der Waals surface area contributed by atoms with E-state index in [0.29, 0.717) is 5.56 Å². The monoisotopic (exact) mass is 319 g/mol. The van der Waals surface area contributed by atoms with Crippen LogP contribution in [0.3, 0.4) is 0 Å². The summed E-state index contributed by atoms with van der Waals surface area (Å²) in [7, 11) is 1.83. The fourth-order valence-corrected chi connectivity index (χ4v) is 3.36. The van der Waals surface area contributed by atoms with Gasteiger partial charge in [0.25, 0.3) is 5.91 Å². The third-order valence-electron chi connectivity index (χ3n) is 3.88. The van der Waals surface area contributed by atoms with Crippen LogP contribution in [0.15, 0.2) is 17.8 Å². The molecule has 1 aliphatic rings. The van der Waals surface area contributed by atoms with Gasteiger partial charge in [0.2, 0.25) is 0 Å². The van der Waals surface area contributed by atoms with Crippen LogP contribution in [0, 0.1) is 6.92 Å². The Hall–Kier alpha value is -1.73. The number of hydrogen-bond acceptors (Lipinski definition) is 5. The first-order valence-electron chi connectivity index (χ1n) is 7.53. The largest absolute Gasteiger partial charge is 0.337 e. The molecule has 3 heterocycles. The molecule has 0 aliphatic carbocycles. The van der Waals surface area contributed by atoms with Crippen molar-refractivity contribution in [3.8, 4) is 0 Å². The van der Waals surface area contributed by atoms with Crippen LogP contribution in [-0.2, 0) is 13.6 Å². The SMILES string of the molecule is Cc1nc(CN2CCCN(C(=O)c3cnn(C)c3)CC2)cs1. The van der Waals surface area contributed by atoms with E-state index in [4.69, 9.17) is 0 Å². The molecule has 22 heavy (non-hydrogen) atoms. The number of aryl methyl sites for hydroxylation is 2. The number of rotatable bonds is 3. The maximum atomic E-state index is 12.5. The molecule has 118 valence electrons. The second-order valence-electron chi connectivity index (χ2n) is 5.68. The number of carbonyl (C=O) groups is 1. The molecule has 1 fully saturated rings. The van der Waals surface area contributed by atoms with Crippen molar-refractivity contribution in [1.82, 2.24) is 24.6 Å². The molecule has 2 aromatic heterocycles. The smallest absolute Gasteiger partial charge is 0.257 e. The summed E-state index contributed by atoms with van der Waals surface area (Å²) in [6.07, 6.45) is 4.42. The van der Waals surface area contributed by atoms with Crippen molar-refractivity contribution in [2.24, 2.45) is 7.05 Å². The third-order valence-corrected chi connectivity index (χ3v) is 4.70. The van der Waals surface area contributed by atoms with E-state index < -0.39 is 0 Å². The number of carbonyl (C=O) groups excluding carboxylic acids is 1. The zero-order chi connectivity index (χ0) is 15.5. The lowest BCUT2D eigenvalue weighted by atomic mass is 10.3. The number of thiazole rings is 1. The normalized spacial score (nSPS) is 16.7. The van der Waals surface area contributed by atoms with Gasteiger partial charge in [-0.2, -0.15) is 5.10 Å². The average molecular weight is 319 g/mol. The molecule has 0 radical (unpaired) electrons. The molecule has 0 saturated carbocycles. The minimum Gasteiger partial charge on any atom is -0.337 e. The van der Waals surface area contributed by atoms with Crippen LogP contribution in [0.5, 0.6) is 0 Å². The van der Waals surface area contributed by atoms with Gasteiger partial charge in [0.15, 0.2) is 0 Å². The minimum absolute atomic E-state index is 0.0828. The topological polar surface area (TPSA) is 54.3 Å². The van der Waals surface area contributed by atoms with Crippen LogP contribution >= 0.6 is 11.3 Å². The van der Waals surface area contributed by atoms with E-state index >= 15 is 0 Å². The van der Waals surface area contributed by atoms with Gasteiger partial charge in [-0.15, -0.1) is 11.3 Å². The first kappa shape index (κ1) is 15.2. The van der Waals surface area contributed by atoms with Gasteiger partial charge in [0.1, 0.15) is 0 Å². The molecule has 0 unspecified atom stereocenters. The fraction of sp³-hybridized carbons (Fsp3) is 0.533. The van der Waals surface area contributed by atoms with Gasteiger partial charge < -0.3 is 4.90 Å². The summed E-state index contributed by atoms with van der Waals surface area (Å²) >= 11 is 1.69. The Bertz CT molecular complexity index is 650. The van der Waals surface area contributed by atoms with Gasteiger partial charge in [-0.1, -0.05) is 0 Å². The Kier molecular flexibility index (Phi) is 4.54. The minimum atomic E-state index is 0.0828. The second-order valence-corrected chi connectivity index (χ2v) is 6.74.